The van der Waals surface area contributed by atoms with Gasteiger partial charge in [0.1, 0.15) is 4.99 Å². The van der Waals surface area contributed by atoms with E-state index in [4.69, 9.17) is 18.0 Å². The normalized spacial score (nSPS) is 10.8. The van der Waals surface area contributed by atoms with Gasteiger partial charge in [-0.05, 0) is 37.8 Å². The van der Waals surface area contributed by atoms with Gasteiger partial charge in [0, 0.05) is 12.2 Å². The van der Waals surface area contributed by atoms with Crippen LogP contribution in [0.15, 0.2) is 16.9 Å². The number of hydrogen-bond acceptors (Lipinski definition) is 2. The molecule has 0 aliphatic heterocycles. The first-order valence-electron chi connectivity index (χ1n) is 5.93. The zero-order valence-corrected chi connectivity index (χ0v) is 11.5. The van der Waals surface area contributed by atoms with Crippen LogP contribution in [0.1, 0.15) is 37.9 Å². The van der Waals surface area contributed by atoms with Crippen molar-refractivity contribution in [2.75, 3.05) is 0 Å². The van der Waals surface area contributed by atoms with Crippen LogP contribution in [0.2, 0.25) is 0 Å². The third kappa shape index (κ3) is 3.66. The van der Waals surface area contributed by atoms with E-state index in [2.05, 4.69) is 13.8 Å². The lowest BCUT2D eigenvalue weighted by Crippen LogP contribution is -2.30. The second kappa shape index (κ2) is 5.96. The van der Waals surface area contributed by atoms with Crippen molar-refractivity contribution >= 4 is 17.2 Å². The van der Waals surface area contributed by atoms with Crippen molar-refractivity contribution in [1.82, 2.24) is 4.57 Å². The number of nitrogens with zero attached hydrogens (tertiary/aromatic N) is 1. The van der Waals surface area contributed by atoms with E-state index in [0.717, 1.165) is 25.1 Å². The molecule has 0 bridgehead atoms. The third-order valence-electron chi connectivity index (χ3n) is 2.82. The molecule has 1 rings (SSSR count). The Balaban J connectivity index is 2.94. The fourth-order valence-corrected chi connectivity index (χ4v) is 1.95. The van der Waals surface area contributed by atoms with Gasteiger partial charge in [-0.25, -0.2) is 0 Å². The molecule has 0 amide bonds. The topological polar surface area (TPSA) is 48.0 Å². The number of pyridine rings is 1. The van der Waals surface area contributed by atoms with Crippen molar-refractivity contribution in [3.63, 3.8) is 0 Å². The number of nitrogens with two attached hydrogens (primary N) is 1. The summed E-state index contributed by atoms with van der Waals surface area (Å²) in [6.45, 7) is 7.03. The quantitative estimate of drug-likeness (QED) is 0.817. The predicted molar refractivity (Wildman–Crippen MR) is 75.4 cm³/mol. The molecule has 0 radical (unpaired) electrons. The second-order valence-corrected chi connectivity index (χ2v) is 5.19. The van der Waals surface area contributed by atoms with Gasteiger partial charge in [-0.2, -0.15) is 0 Å². The summed E-state index contributed by atoms with van der Waals surface area (Å²) in [5.41, 5.74) is 6.86. The summed E-state index contributed by atoms with van der Waals surface area (Å²) < 4.78 is 1.76. The van der Waals surface area contributed by atoms with E-state index in [1.807, 2.05) is 13.0 Å². The highest BCUT2D eigenvalue weighted by Gasteiger charge is 2.08. The molecule has 4 heteroatoms. The van der Waals surface area contributed by atoms with Gasteiger partial charge in [-0.1, -0.05) is 26.1 Å². The molecule has 0 aliphatic rings. The standard InChI is InChI=1S/C13H20N2OS/c1-9(2)5-4-8-15-10(3)6-7-11(12(14)17)13(15)16/h6-7,9H,4-5,8H2,1-3H3,(H2,14,17). The van der Waals surface area contributed by atoms with Crippen molar-refractivity contribution < 1.29 is 0 Å². The van der Waals surface area contributed by atoms with Crippen LogP contribution in [0.5, 0.6) is 0 Å². The molecular formula is C13H20N2OS. The Kier molecular flexibility index (Phi) is 4.87. The highest BCUT2D eigenvalue weighted by atomic mass is 32.1. The van der Waals surface area contributed by atoms with Crippen molar-refractivity contribution in [3.8, 4) is 0 Å². The van der Waals surface area contributed by atoms with Crippen LogP contribution < -0.4 is 11.3 Å². The van der Waals surface area contributed by atoms with E-state index in [0.29, 0.717) is 11.5 Å². The lowest BCUT2D eigenvalue weighted by Gasteiger charge is -2.12. The van der Waals surface area contributed by atoms with E-state index in [1.165, 1.54) is 0 Å². The maximum Gasteiger partial charge on any atom is 0.260 e. The molecule has 0 atom stereocenters. The lowest BCUT2D eigenvalue weighted by atomic mass is 10.1. The zero-order chi connectivity index (χ0) is 13.0. The first-order chi connectivity index (χ1) is 7.93. The molecule has 0 aliphatic carbocycles. The van der Waals surface area contributed by atoms with Crippen LogP contribution in [0, 0.1) is 12.8 Å². The highest BCUT2D eigenvalue weighted by Crippen LogP contribution is 2.06. The summed E-state index contributed by atoms with van der Waals surface area (Å²) in [6, 6.07) is 3.60. The first-order valence-corrected chi connectivity index (χ1v) is 6.34. The molecular weight excluding hydrogens is 232 g/mol. The molecule has 0 saturated carbocycles. The summed E-state index contributed by atoms with van der Waals surface area (Å²) >= 11 is 4.87. The smallest absolute Gasteiger partial charge is 0.260 e. The number of thiocarbonyl (C=S) groups is 1. The van der Waals surface area contributed by atoms with Crippen LogP contribution in [0.25, 0.3) is 0 Å². The maximum atomic E-state index is 12.1. The number of rotatable bonds is 5. The molecule has 0 aromatic carbocycles. The van der Waals surface area contributed by atoms with Crippen molar-refractivity contribution in [1.29, 1.82) is 0 Å². The molecule has 1 aromatic rings. The Morgan fingerprint density at radius 3 is 2.65 bits per heavy atom. The Morgan fingerprint density at radius 1 is 1.47 bits per heavy atom. The zero-order valence-electron chi connectivity index (χ0n) is 10.7. The molecule has 3 nitrogen and oxygen atoms in total. The Hall–Kier alpha value is -1.16. The minimum atomic E-state index is -0.0683. The third-order valence-corrected chi connectivity index (χ3v) is 3.04. The molecule has 0 saturated heterocycles. The number of hydrogen-bond donors (Lipinski definition) is 1. The Labute approximate surface area is 108 Å². The number of aromatic nitrogens is 1. The van der Waals surface area contributed by atoms with Gasteiger partial charge < -0.3 is 10.3 Å². The van der Waals surface area contributed by atoms with Gasteiger partial charge in [-0.15, -0.1) is 0 Å². The SMILES string of the molecule is Cc1ccc(C(N)=S)c(=O)n1CCCC(C)C. The van der Waals surface area contributed by atoms with E-state index in [1.54, 1.807) is 10.6 Å². The molecule has 0 spiro atoms. The van der Waals surface area contributed by atoms with E-state index in [9.17, 15) is 4.79 Å². The summed E-state index contributed by atoms with van der Waals surface area (Å²) in [4.78, 5) is 12.3. The van der Waals surface area contributed by atoms with Crippen LogP contribution in [0.4, 0.5) is 0 Å². The highest BCUT2D eigenvalue weighted by molar-refractivity contribution is 7.80. The summed E-state index contributed by atoms with van der Waals surface area (Å²) in [5, 5.41) is 0. The molecule has 17 heavy (non-hydrogen) atoms. The number of aryl methyl sites for hydroxylation is 1. The average Bonchev–Trinajstić information content (AvgIpc) is 2.21. The van der Waals surface area contributed by atoms with Crippen LogP contribution >= 0.6 is 12.2 Å². The maximum absolute atomic E-state index is 12.1. The van der Waals surface area contributed by atoms with E-state index < -0.39 is 0 Å². The van der Waals surface area contributed by atoms with Gasteiger partial charge in [0.2, 0.25) is 0 Å². The summed E-state index contributed by atoms with van der Waals surface area (Å²) in [5.74, 6) is 0.657. The van der Waals surface area contributed by atoms with Crippen LogP contribution in [-0.4, -0.2) is 9.56 Å². The first kappa shape index (κ1) is 13.9. The Bertz CT molecular complexity index is 463. The largest absolute Gasteiger partial charge is 0.389 e. The summed E-state index contributed by atoms with van der Waals surface area (Å²) in [6.07, 6.45) is 2.11. The van der Waals surface area contributed by atoms with Crippen molar-refractivity contribution in [2.45, 2.75) is 40.2 Å². The van der Waals surface area contributed by atoms with Gasteiger partial charge in [0.25, 0.3) is 5.56 Å². The van der Waals surface area contributed by atoms with Gasteiger partial charge in [0.15, 0.2) is 0 Å². The van der Waals surface area contributed by atoms with E-state index in [-0.39, 0.29) is 10.5 Å². The predicted octanol–water partition coefficient (Wildman–Crippen LogP) is 2.23. The van der Waals surface area contributed by atoms with Crippen molar-refractivity contribution in [2.24, 2.45) is 11.7 Å². The van der Waals surface area contributed by atoms with Gasteiger partial charge in [0.05, 0.1) is 5.56 Å². The lowest BCUT2D eigenvalue weighted by molar-refractivity contribution is 0.501. The van der Waals surface area contributed by atoms with E-state index >= 15 is 0 Å². The summed E-state index contributed by atoms with van der Waals surface area (Å²) in [7, 11) is 0. The van der Waals surface area contributed by atoms with Crippen LogP contribution in [-0.2, 0) is 6.54 Å². The minimum absolute atomic E-state index is 0.0683. The minimum Gasteiger partial charge on any atom is -0.389 e. The molecule has 1 heterocycles. The average molecular weight is 252 g/mol. The molecule has 0 fully saturated rings. The second-order valence-electron chi connectivity index (χ2n) is 4.75. The van der Waals surface area contributed by atoms with Crippen molar-refractivity contribution in [3.05, 3.63) is 33.7 Å². The monoisotopic (exact) mass is 252 g/mol. The van der Waals surface area contributed by atoms with Crippen LogP contribution in [0.3, 0.4) is 0 Å². The molecule has 94 valence electrons. The Morgan fingerprint density at radius 2 is 2.12 bits per heavy atom. The fraction of sp³-hybridized carbons (Fsp3) is 0.538. The fourth-order valence-electron chi connectivity index (χ4n) is 1.79. The molecule has 2 N–H and O–H groups in total. The molecule has 1 aromatic heterocycles. The van der Waals surface area contributed by atoms with Gasteiger partial charge >= 0.3 is 0 Å². The molecule has 0 unspecified atom stereocenters. The van der Waals surface area contributed by atoms with Gasteiger partial charge in [-0.3, -0.25) is 4.79 Å².